The van der Waals surface area contributed by atoms with E-state index in [0.29, 0.717) is 10.4 Å². The van der Waals surface area contributed by atoms with Gasteiger partial charge >= 0.3 is 0 Å². The molecule has 2 aromatic carbocycles. The second-order valence-corrected chi connectivity index (χ2v) is 2.91. The molecule has 0 aliphatic rings. The SMILES string of the molecule is O=C=c1cccc2c(=C=O)cccc12. The largest absolute Gasteiger partial charge is 0.233 e. The second-order valence-electron chi connectivity index (χ2n) is 2.91. The lowest BCUT2D eigenvalue weighted by atomic mass is 10.1. The van der Waals surface area contributed by atoms with E-state index in [0.717, 1.165) is 10.8 Å². The van der Waals surface area contributed by atoms with Crippen molar-refractivity contribution in [2.75, 3.05) is 0 Å². The van der Waals surface area contributed by atoms with E-state index in [1.807, 2.05) is 11.9 Å². The minimum atomic E-state index is 0.472. The highest BCUT2D eigenvalue weighted by Gasteiger charge is 1.95. The van der Waals surface area contributed by atoms with E-state index in [1.165, 1.54) is 0 Å². The Morgan fingerprint density at radius 1 is 0.714 bits per heavy atom. The van der Waals surface area contributed by atoms with E-state index < -0.39 is 0 Å². The van der Waals surface area contributed by atoms with Crippen molar-refractivity contribution in [3.8, 4) is 0 Å². The van der Waals surface area contributed by atoms with Crippen LogP contribution in [0, 0.1) is 0 Å². The summed E-state index contributed by atoms with van der Waals surface area (Å²) < 4.78 is 0. The molecule has 0 radical (unpaired) electrons. The quantitative estimate of drug-likeness (QED) is 0.567. The molecular formula is C12H6O2. The van der Waals surface area contributed by atoms with Gasteiger partial charge in [-0.25, -0.2) is 9.59 Å². The zero-order valence-corrected chi connectivity index (χ0v) is 7.28. The molecule has 0 aliphatic carbocycles. The van der Waals surface area contributed by atoms with Crippen LogP contribution in [0.1, 0.15) is 0 Å². The van der Waals surface area contributed by atoms with Crippen LogP contribution in [0.3, 0.4) is 0 Å². The summed E-state index contributed by atoms with van der Waals surface area (Å²) in [4.78, 5) is 21.2. The Hall–Kier alpha value is -2.14. The van der Waals surface area contributed by atoms with Crippen LogP contribution in [0.2, 0.25) is 0 Å². The highest BCUT2D eigenvalue weighted by atomic mass is 16.1. The second kappa shape index (κ2) is 3.31. The first-order chi connectivity index (χ1) is 6.86. The topological polar surface area (TPSA) is 34.1 Å². The molecule has 2 aromatic rings. The molecule has 0 amide bonds. The lowest BCUT2D eigenvalue weighted by Crippen LogP contribution is -2.10. The van der Waals surface area contributed by atoms with Crippen LogP contribution in [-0.4, -0.2) is 11.9 Å². The molecule has 0 spiro atoms. The van der Waals surface area contributed by atoms with Crippen molar-refractivity contribution < 1.29 is 9.59 Å². The smallest absolute Gasteiger partial charge is 0.133 e. The summed E-state index contributed by atoms with van der Waals surface area (Å²) in [5.74, 6) is 3.68. The Bertz CT molecular complexity index is 586. The van der Waals surface area contributed by atoms with Crippen molar-refractivity contribution in [1.82, 2.24) is 0 Å². The molecule has 0 unspecified atom stereocenters. The Morgan fingerprint density at radius 2 is 1.14 bits per heavy atom. The maximum Gasteiger partial charge on any atom is 0.133 e. The summed E-state index contributed by atoms with van der Waals surface area (Å²) >= 11 is 0. The van der Waals surface area contributed by atoms with Gasteiger partial charge in [0, 0.05) is 10.8 Å². The van der Waals surface area contributed by atoms with E-state index in [1.54, 1.807) is 36.4 Å². The standard InChI is InChI=1S/C12H6O2/c13-7-9-3-1-5-11-10(8-14)4-2-6-12(9)11/h1-6H. The van der Waals surface area contributed by atoms with E-state index in [2.05, 4.69) is 0 Å². The molecule has 0 aromatic heterocycles. The average Bonchev–Trinajstić information content (AvgIpc) is 2.27. The highest BCUT2D eigenvalue weighted by Crippen LogP contribution is 2.01. The molecule has 2 heteroatoms. The Kier molecular flexibility index (Phi) is 2.00. The molecule has 0 saturated carbocycles. The summed E-state index contributed by atoms with van der Waals surface area (Å²) in [5.41, 5.74) is 0. The first kappa shape index (κ1) is 8.46. The lowest BCUT2D eigenvalue weighted by Gasteiger charge is -1.94. The van der Waals surface area contributed by atoms with Gasteiger partial charge in [0.2, 0.25) is 0 Å². The number of rotatable bonds is 0. The fourth-order valence-corrected chi connectivity index (χ4v) is 1.49. The van der Waals surface area contributed by atoms with Gasteiger partial charge in [0.05, 0.1) is 10.4 Å². The third kappa shape index (κ3) is 1.16. The van der Waals surface area contributed by atoms with Crippen LogP contribution in [0.25, 0.3) is 10.8 Å². The van der Waals surface area contributed by atoms with Gasteiger partial charge in [-0.1, -0.05) is 24.3 Å². The van der Waals surface area contributed by atoms with Gasteiger partial charge in [0.15, 0.2) is 0 Å². The van der Waals surface area contributed by atoms with Crippen LogP contribution in [0.15, 0.2) is 36.4 Å². The maximum absolute atomic E-state index is 10.6. The van der Waals surface area contributed by atoms with Gasteiger partial charge in [-0.05, 0) is 12.1 Å². The van der Waals surface area contributed by atoms with Crippen molar-refractivity contribution in [3.05, 3.63) is 46.8 Å². The molecule has 0 N–H and O–H groups in total. The van der Waals surface area contributed by atoms with Crippen molar-refractivity contribution in [3.63, 3.8) is 0 Å². The minimum Gasteiger partial charge on any atom is -0.233 e. The average molecular weight is 182 g/mol. The Balaban J connectivity index is 3.24. The lowest BCUT2D eigenvalue weighted by molar-refractivity contribution is 0.567. The number of hydrogen-bond donors (Lipinski definition) is 0. The van der Waals surface area contributed by atoms with Gasteiger partial charge in [0.1, 0.15) is 11.9 Å². The first-order valence-electron chi connectivity index (χ1n) is 4.15. The fourth-order valence-electron chi connectivity index (χ4n) is 1.49. The van der Waals surface area contributed by atoms with E-state index >= 15 is 0 Å². The summed E-state index contributed by atoms with van der Waals surface area (Å²) in [5, 5.41) is 2.42. The maximum atomic E-state index is 10.6. The number of fused-ring (bicyclic) bond motifs is 1. The summed E-state index contributed by atoms with van der Waals surface area (Å²) in [7, 11) is 0. The van der Waals surface area contributed by atoms with Gasteiger partial charge < -0.3 is 0 Å². The summed E-state index contributed by atoms with van der Waals surface area (Å²) in [6, 6.07) is 10.4. The first-order valence-corrected chi connectivity index (χ1v) is 4.15. The van der Waals surface area contributed by atoms with Gasteiger partial charge in [-0.2, -0.15) is 0 Å². The molecule has 0 saturated heterocycles. The van der Waals surface area contributed by atoms with Crippen molar-refractivity contribution in [1.29, 1.82) is 0 Å². The molecule has 14 heavy (non-hydrogen) atoms. The van der Waals surface area contributed by atoms with Crippen molar-refractivity contribution in [2.24, 2.45) is 0 Å². The Labute approximate surface area is 79.8 Å². The fraction of sp³-hybridized carbons (Fsp3) is 0. The predicted molar refractivity (Wildman–Crippen MR) is 52.8 cm³/mol. The zero-order valence-electron chi connectivity index (χ0n) is 7.28. The van der Waals surface area contributed by atoms with Crippen LogP contribution < -0.4 is 10.4 Å². The Morgan fingerprint density at radius 3 is 1.50 bits per heavy atom. The van der Waals surface area contributed by atoms with Gasteiger partial charge in [0.25, 0.3) is 0 Å². The zero-order chi connectivity index (χ0) is 9.97. The molecule has 2 rings (SSSR count). The van der Waals surface area contributed by atoms with Crippen LogP contribution in [-0.2, 0) is 9.59 Å². The number of carbonyl (C=O) groups excluding carboxylic acids is 2. The van der Waals surface area contributed by atoms with Gasteiger partial charge in [-0.15, -0.1) is 0 Å². The minimum absolute atomic E-state index is 0.472. The predicted octanol–water partition coefficient (Wildman–Crippen LogP) is -0.154. The monoisotopic (exact) mass is 182 g/mol. The van der Waals surface area contributed by atoms with Crippen molar-refractivity contribution >= 4 is 22.7 Å². The normalized spacial score (nSPS) is 9.43. The highest BCUT2D eigenvalue weighted by molar-refractivity contribution is 5.88. The van der Waals surface area contributed by atoms with E-state index in [-0.39, 0.29) is 0 Å². The van der Waals surface area contributed by atoms with E-state index in [9.17, 15) is 9.59 Å². The molecule has 0 atom stereocenters. The van der Waals surface area contributed by atoms with Crippen molar-refractivity contribution in [2.45, 2.75) is 0 Å². The van der Waals surface area contributed by atoms with Crippen LogP contribution >= 0.6 is 0 Å². The van der Waals surface area contributed by atoms with Gasteiger partial charge in [-0.3, -0.25) is 0 Å². The molecule has 2 nitrogen and oxygen atoms in total. The summed E-state index contributed by atoms with van der Waals surface area (Å²) in [6.07, 6.45) is 0. The molecule has 0 aliphatic heterocycles. The molecule has 0 fully saturated rings. The van der Waals surface area contributed by atoms with Crippen LogP contribution in [0.5, 0.6) is 0 Å². The molecule has 0 bridgehead atoms. The molecule has 66 valence electrons. The molecule has 0 heterocycles. The number of benzene rings is 2. The number of hydrogen-bond acceptors (Lipinski definition) is 2. The van der Waals surface area contributed by atoms with E-state index in [4.69, 9.17) is 0 Å². The molecular weight excluding hydrogens is 176 g/mol. The van der Waals surface area contributed by atoms with Crippen LogP contribution in [0.4, 0.5) is 0 Å². The third-order valence-corrected chi connectivity index (χ3v) is 2.14. The summed E-state index contributed by atoms with van der Waals surface area (Å²) in [6.45, 7) is 0. The third-order valence-electron chi connectivity index (χ3n) is 2.14.